The van der Waals surface area contributed by atoms with Gasteiger partial charge in [0.05, 0.1) is 17.1 Å². The topological polar surface area (TPSA) is 140 Å². The van der Waals surface area contributed by atoms with Crippen LogP contribution in [0.4, 0.5) is 16.2 Å². The molecular weight excluding hydrogens is 480 g/mol. The van der Waals surface area contributed by atoms with Crippen molar-refractivity contribution in [3.05, 3.63) is 56.9 Å². The van der Waals surface area contributed by atoms with Crippen molar-refractivity contribution >= 4 is 40.8 Å². The number of nitrogens with zero attached hydrogens (tertiary/aromatic N) is 2. The second-order valence-electron chi connectivity index (χ2n) is 7.65. The predicted molar refractivity (Wildman–Crippen MR) is 130 cm³/mol. The van der Waals surface area contributed by atoms with Gasteiger partial charge in [-0.3, -0.25) is 9.59 Å². The first-order chi connectivity index (χ1) is 16.7. The van der Waals surface area contributed by atoms with Crippen LogP contribution in [0, 0.1) is 10.1 Å². The fourth-order valence-electron chi connectivity index (χ4n) is 3.30. The molecule has 2 aliphatic rings. The quantitative estimate of drug-likeness (QED) is 0.390. The van der Waals surface area contributed by atoms with Gasteiger partial charge in [0.1, 0.15) is 12.6 Å². The number of nitrogens with one attached hydrogen (secondary N) is 2. The van der Waals surface area contributed by atoms with Crippen LogP contribution in [-0.2, 0) is 19.2 Å². The minimum absolute atomic E-state index is 0.0351. The van der Waals surface area contributed by atoms with E-state index in [-0.39, 0.29) is 6.42 Å². The molecule has 2 amide bonds. The molecule has 35 heavy (non-hydrogen) atoms. The number of carbonyl (C=O) groups excluding carboxylic acids is 3. The second-order valence-corrected chi connectivity index (χ2v) is 8.08. The molecule has 1 heterocycles. The molecule has 190 valence electrons. The summed E-state index contributed by atoms with van der Waals surface area (Å²) in [7, 11) is 0. The predicted octanol–water partition coefficient (Wildman–Crippen LogP) is 4.36. The molecule has 2 N–H and O–H groups in total. The number of carbonyl (C=O) groups is 3. The Hall–Kier alpha value is -3.60. The summed E-state index contributed by atoms with van der Waals surface area (Å²) in [4.78, 5) is 53.0. The minimum atomic E-state index is -1.23. The molecule has 0 aromatic heterocycles. The van der Waals surface area contributed by atoms with Crippen LogP contribution in [0.3, 0.4) is 0 Å². The Kier molecular flexibility index (Phi) is 10.5. The van der Waals surface area contributed by atoms with Gasteiger partial charge in [0.25, 0.3) is 11.0 Å². The van der Waals surface area contributed by atoms with Gasteiger partial charge in [0.2, 0.25) is 0 Å². The first-order valence-electron chi connectivity index (χ1n) is 11.2. The van der Waals surface area contributed by atoms with Gasteiger partial charge in [-0.15, -0.1) is 10.1 Å². The van der Waals surface area contributed by atoms with Crippen molar-refractivity contribution in [1.29, 1.82) is 0 Å². The number of Topliss-reactive ketones (excluding diaryl/α,β-unsaturated/α-hetero) is 1. The first-order valence-corrected chi connectivity index (χ1v) is 11.6. The zero-order chi connectivity index (χ0) is 26.0. The van der Waals surface area contributed by atoms with Gasteiger partial charge in [-0.05, 0) is 37.1 Å². The van der Waals surface area contributed by atoms with Crippen LogP contribution >= 0.6 is 11.6 Å². The molecular formula is C23H29ClN4O7. The lowest BCUT2D eigenvalue weighted by Crippen LogP contribution is -2.46. The molecule has 1 aromatic carbocycles. The number of hydrogen-bond donors (Lipinski definition) is 2. The molecule has 0 fully saturated rings. The van der Waals surface area contributed by atoms with Crippen LogP contribution in [0.1, 0.15) is 46.5 Å². The summed E-state index contributed by atoms with van der Waals surface area (Å²) in [6.45, 7) is 4.46. The lowest BCUT2D eigenvalue weighted by atomic mass is 10.0. The van der Waals surface area contributed by atoms with Crippen LogP contribution in [0.2, 0.25) is 5.02 Å². The zero-order valence-corrected chi connectivity index (χ0v) is 20.6. The SMILES string of the molecule is CCC.CCC(=O)C(CO[N+](=O)[O-])NC(=O)COC(=O)N1C2=C(CCC=C2)Nc2ccc(Cl)cc21. The van der Waals surface area contributed by atoms with E-state index in [1.165, 1.54) is 11.3 Å². The van der Waals surface area contributed by atoms with Gasteiger partial charge in [0, 0.05) is 17.1 Å². The highest BCUT2D eigenvalue weighted by molar-refractivity contribution is 6.31. The highest BCUT2D eigenvalue weighted by atomic mass is 35.5. The van der Waals surface area contributed by atoms with Crippen molar-refractivity contribution < 1.29 is 29.0 Å². The number of halogens is 1. The molecule has 11 nitrogen and oxygen atoms in total. The molecule has 0 bridgehead atoms. The minimum Gasteiger partial charge on any atom is -0.439 e. The Labute approximate surface area is 208 Å². The van der Waals surface area contributed by atoms with Crippen molar-refractivity contribution in [2.24, 2.45) is 0 Å². The summed E-state index contributed by atoms with van der Waals surface area (Å²) in [6, 6.07) is 3.79. The maximum absolute atomic E-state index is 12.9. The number of anilines is 2. The third-order valence-electron chi connectivity index (χ3n) is 4.80. The third kappa shape index (κ3) is 7.71. The smallest absolute Gasteiger partial charge is 0.419 e. The van der Waals surface area contributed by atoms with E-state index in [0.717, 1.165) is 12.1 Å². The summed E-state index contributed by atoms with van der Waals surface area (Å²) >= 11 is 6.11. The Morgan fingerprint density at radius 2 is 2.00 bits per heavy atom. The number of hydrogen-bond acceptors (Lipinski definition) is 8. The Balaban J connectivity index is 0.00000137. The van der Waals surface area contributed by atoms with E-state index in [1.807, 2.05) is 6.08 Å². The summed E-state index contributed by atoms with van der Waals surface area (Å²) < 4.78 is 5.18. The summed E-state index contributed by atoms with van der Waals surface area (Å²) in [5, 5.41) is 15.3. The van der Waals surface area contributed by atoms with E-state index in [4.69, 9.17) is 16.3 Å². The van der Waals surface area contributed by atoms with Crippen molar-refractivity contribution in [1.82, 2.24) is 5.32 Å². The number of fused-ring (bicyclic) bond motifs is 1. The largest absolute Gasteiger partial charge is 0.439 e. The molecule has 1 aromatic rings. The maximum Gasteiger partial charge on any atom is 0.419 e. The highest BCUT2D eigenvalue weighted by Gasteiger charge is 2.31. The first kappa shape index (κ1) is 27.6. The average Bonchev–Trinajstić information content (AvgIpc) is 2.83. The fraction of sp³-hybridized carbons (Fsp3) is 0.435. The molecule has 0 radical (unpaired) electrons. The van der Waals surface area contributed by atoms with E-state index >= 15 is 0 Å². The number of benzene rings is 1. The van der Waals surface area contributed by atoms with Crippen molar-refractivity contribution in [2.75, 3.05) is 23.4 Å². The maximum atomic E-state index is 12.9. The Morgan fingerprint density at radius 3 is 2.66 bits per heavy atom. The van der Waals surface area contributed by atoms with E-state index in [2.05, 4.69) is 29.3 Å². The monoisotopic (exact) mass is 508 g/mol. The van der Waals surface area contributed by atoms with E-state index in [0.29, 0.717) is 28.5 Å². The number of ether oxygens (including phenoxy) is 1. The van der Waals surface area contributed by atoms with Crippen LogP contribution in [-0.4, -0.2) is 42.1 Å². The summed E-state index contributed by atoms with van der Waals surface area (Å²) in [5.74, 6) is -1.26. The number of rotatable bonds is 8. The van der Waals surface area contributed by atoms with E-state index < -0.39 is 42.1 Å². The Bertz CT molecular complexity index is 1030. The standard InChI is InChI=1S/C20H21ClN4O7.C3H8/c1-2-18(26)15(10-32-25(29)30)23-19(27)11-31-20(28)24-16-6-4-3-5-13(16)22-14-8-7-12(21)9-17(14)24;1-3-2/h4,6-9,15,22H,2-3,5,10-11H2,1H3,(H,23,27);3H2,1-2H3. The van der Waals surface area contributed by atoms with Gasteiger partial charge in [-0.25, -0.2) is 9.69 Å². The van der Waals surface area contributed by atoms with Crippen molar-refractivity contribution in [3.8, 4) is 0 Å². The summed E-state index contributed by atoms with van der Waals surface area (Å²) in [5.41, 5.74) is 2.53. The van der Waals surface area contributed by atoms with Gasteiger partial charge < -0.3 is 20.2 Å². The van der Waals surface area contributed by atoms with Crippen LogP contribution in [0.25, 0.3) is 0 Å². The average molecular weight is 509 g/mol. The van der Waals surface area contributed by atoms with E-state index in [9.17, 15) is 24.5 Å². The number of ketones is 1. The van der Waals surface area contributed by atoms with Crippen LogP contribution in [0.15, 0.2) is 41.7 Å². The lowest BCUT2D eigenvalue weighted by molar-refractivity contribution is -0.757. The van der Waals surface area contributed by atoms with Crippen molar-refractivity contribution in [2.45, 2.75) is 52.5 Å². The number of allylic oxidation sites excluding steroid dienone is 3. The van der Waals surface area contributed by atoms with Gasteiger partial charge in [0.15, 0.2) is 12.4 Å². The van der Waals surface area contributed by atoms with Crippen LogP contribution in [0.5, 0.6) is 0 Å². The van der Waals surface area contributed by atoms with Gasteiger partial charge in [-0.1, -0.05) is 44.9 Å². The molecule has 3 rings (SSSR count). The molecule has 1 unspecified atom stereocenters. The van der Waals surface area contributed by atoms with Crippen molar-refractivity contribution in [3.63, 3.8) is 0 Å². The molecule has 1 aliphatic carbocycles. The molecule has 0 saturated carbocycles. The molecule has 1 aliphatic heterocycles. The molecule has 0 spiro atoms. The Morgan fingerprint density at radius 1 is 1.29 bits per heavy atom. The van der Waals surface area contributed by atoms with Crippen LogP contribution < -0.4 is 15.5 Å². The fourth-order valence-corrected chi connectivity index (χ4v) is 3.46. The summed E-state index contributed by atoms with van der Waals surface area (Å²) in [6.07, 6.45) is 5.66. The van der Waals surface area contributed by atoms with Gasteiger partial charge in [-0.2, -0.15) is 0 Å². The van der Waals surface area contributed by atoms with Gasteiger partial charge >= 0.3 is 6.09 Å². The zero-order valence-electron chi connectivity index (χ0n) is 19.8. The number of amides is 2. The second kappa shape index (κ2) is 13.3. The highest BCUT2D eigenvalue weighted by Crippen LogP contribution is 2.40. The molecule has 0 saturated heterocycles. The third-order valence-corrected chi connectivity index (χ3v) is 5.04. The van der Waals surface area contributed by atoms with E-state index in [1.54, 1.807) is 31.2 Å². The normalized spacial score (nSPS) is 14.3. The molecule has 12 heteroatoms. The lowest BCUT2D eigenvalue weighted by Gasteiger charge is -2.34. The molecule has 1 atom stereocenters.